The van der Waals surface area contributed by atoms with Gasteiger partial charge in [-0.2, -0.15) is 0 Å². The Hall–Kier alpha value is -0.570. The summed E-state index contributed by atoms with van der Waals surface area (Å²) in [5.74, 6) is -0.892. The fourth-order valence-electron chi connectivity index (χ4n) is 1.01. The fraction of sp³-hybridized carbons (Fsp3) is 0.833. The minimum Gasteiger partial charge on any atom is -0.481 e. The first kappa shape index (κ1) is 6.55. The van der Waals surface area contributed by atoms with Gasteiger partial charge in [0.1, 0.15) is 0 Å². The molecule has 1 heterocycles. The average Bonchev–Trinajstić information content (AvgIpc) is 1.62. The SMILES string of the molecule is CC1(C)NC[C@@H]1C(=O)O. The van der Waals surface area contributed by atoms with Crippen molar-refractivity contribution in [1.29, 1.82) is 0 Å². The van der Waals surface area contributed by atoms with Crippen LogP contribution in [0, 0.1) is 5.92 Å². The van der Waals surface area contributed by atoms with E-state index in [1.54, 1.807) is 0 Å². The van der Waals surface area contributed by atoms with Crippen molar-refractivity contribution >= 4 is 5.97 Å². The number of carbonyl (C=O) groups is 1. The molecule has 1 fully saturated rings. The fourth-order valence-corrected chi connectivity index (χ4v) is 1.01. The summed E-state index contributed by atoms with van der Waals surface area (Å²) in [5, 5.41) is 11.6. The first-order valence-electron chi connectivity index (χ1n) is 3.02. The Morgan fingerprint density at radius 2 is 2.33 bits per heavy atom. The lowest BCUT2D eigenvalue weighted by molar-refractivity contribution is -0.148. The van der Waals surface area contributed by atoms with Crippen molar-refractivity contribution in [3.05, 3.63) is 0 Å². The van der Waals surface area contributed by atoms with Gasteiger partial charge in [-0.15, -0.1) is 0 Å². The molecule has 0 aromatic rings. The maximum Gasteiger partial charge on any atom is 0.309 e. The van der Waals surface area contributed by atoms with Crippen LogP contribution in [0.25, 0.3) is 0 Å². The summed E-state index contributed by atoms with van der Waals surface area (Å²) >= 11 is 0. The second-order valence-electron chi connectivity index (χ2n) is 2.99. The van der Waals surface area contributed by atoms with Crippen molar-refractivity contribution < 1.29 is 9.90 Å². The molecule has 0 unspecified atom stereocenters. The largest absolute Gasteiger partial charge is 0.481 e. The van der Waals surface area contributed by atoms with Crippen molar-refractivity contribution in [3.63, 3.8) is 0 Å². The molecule has 52 valence electrons. The Labute approximate surface area is 54.1 Å². The van der Waals surface area contributed by atoms with Gasteiger partial charge in [0.25, 0.3) is 0 Å². The normalized spacial score (nSPS) is 31.1. The molecule has 0 radical (unpaired) electrons. The Morgan fingerprint density at radius 1 is 1.78 bits per heavy atom. The van der Waals surface area contributed by atoms with E-state index < -0.39 is 5.97 Å². The highest BCUT2D eigenvalue weighted by atomic mass is 16.4. The molecule has 0 aliphatic carbocycles. The zero-order valence-corrected chi connectivity index (χ0v) is 5.64. The smallest absolute Gasteiger partial charge is 0.309 e. The average molecular weight is 129 g/mol. The van der Waals surface area contributed by atoms with E-state index in [4.69, 9.17) is 5.11 Å². The van der Waals surface area contributed by atoms with Crippen LogP contribution in [-0.2, 0) is 4.79 Å². The molecular formula is C6H11NO2. The highest BCUT2D eigenvalue weighted by Gasteiger charge is 2.42. The maximum atomic E-state index is 10.4. The lowest BCUT2D eigenvalue weighted by Gasteiger charge is -2.42. The second-order valence-corrected chi connectivity index (χ2v) is 2.99. The van der Waals surface area contributed by atoms with Crippen molar-refractivity contribution in [2.75, 3.05) is 6.54 Å². The van der Waals surface area contributed by atoms with Crippen LogP contribution in [0.2, 0.25) is 0 Å². The van der Waals surface area contributed by atoms with Crippen LogP contribution in [-0.4, -0.2) is 23.2 Å². The van der Waals surface area contributed by atoms with E-state index in [1.807, 2.05) is 13.8 Å². The molecule has 3 heteroatoms. The molecule has 1 rings (SSSR count). The molecule has 1 saturated heterocycles. The summed E-state index contributed by atoms with van der Waals surface area (Å²) < 4.78 is 0. The summed E-state index contributed by atoms with van der Waals surface area (Å²) in [5.41, 5.74) is -0.189. The number of rotatable bonds is 1. The van der Waals surface area contributed by atoms with Gasteiger partial charge < -0.3 is 10.4 Å². The molecule has 0 bridgehead atoms. The van der Waals surface area contributed by atoms with Crippen molar-refractivity contribution in [2.45, 2.75) is 19.4 Å². The highest BCUT2D eigenvalue weighted by Crippen LogP contribution is 2.24. The van der Waals surface area contributed by atoms with Crippen molar-refractivity contribution in [1.82, 2.24) is 5.32 Å². The van der Waals surface area contributed by atoms with Crippen LogP contribution in [0.5, 0.6) is 0 Å². The molecule has 1 atom stereocenters. The molecule has 0 aromatic heterocycles. The summed E-state index contributed by atoms with van der Waals surface area (Å²) in [4.78, 5) is 10.4. The lowest BCUT2D eigenvalue weighted by Crippen LogP contribution is -2.63. The minimum absolute atomic E-state index is 0.189. The van der Waals surface area contributed by atoms with Gasteiger partial charge in [0, 0.05) is 12.1 Å². The summed E-state index contributed by atoms with van der Waals surface area (Å²) in [6, 6.07) is 0. The lowest BCUT2D eigenvalue weighted by atomic mass is 9.80. The molecule has 1 aliphatic heterocycles. The Morgan fingerprint density at radius 3 is 2.33 bits per heavy atom. The molecule has 2 N–H and O–H groups in total. The highest BCUT2D eigenvalue weighted by molar-refractivity contribution is 5.73. The van der Waals surface area contributed by atoms with Gasteiger partial charge in [0.15, 0.2) is 0 Å². The first-order valence-corrected chi connectivity index (χ1v) is 3.02. The van der Waals surface area contributed by atoms with Gasteiger partial charge in [-0.05, 0) is 13.8 Å². The molecule has 9 heavy (non-hydrogen) atoms. The van der Waals surface area contributed by atoms with E-state index in [-0.39, 0.29) is 11.5 Å². The number of nitrogens with one attached hydrogen (secondary N) is 1. The monoisotopic (exact) mass is 129 g/mol. The van der Waals surface area contributed by atoms with Gasteiger partial charge in [-0.25, -0.2) is 0 Å². The Bertz CT molecular complexity index is 142. The quantitative estimate of drug-likeness (QED) is 0.526. The molecule has 1 aliphatic rings. The molecule has 0 saturated carbocycles. The van der Waals surface area contributed by atoms with Crippen LogP contribution in [0.3, 0.4) is 0 Å². The number of hydrogen-bond donors (Lipinski definition) is 2. The van der Waals surface area contributed by atoms with Gasteiger partial charge in [0.05, 0.1) is 5.92 Å². The van der Waals surface area contributed by atoms with Gasteiger partial charge >= 0.3 is 5.97 Å². The topological polar surface area (TPSA) is 49.3 Å². The predicted octanol–water partition coefficient (Wildman–Crippen LogP) is 0.0690. The number of carboxylic acid groups (broad SMARTS) is 1. The zero-order valence-electron chi connectivity index (χ0n) is 5.64. The van der Waals surface area contributed by atoms with Gasteiger partial charge in [-0.1, -0.05) is 0 Å². The zero-order chi connectivity index (χ0) is 7.07. The van der Waals surface area contributed by atoms with E-state index in [0.29, 0.717) is 6.54 Å². The second kappa shape index (κ2) is 1.70. The molecule has 3 nitrogen and oxygen atoms in total. The number of aliphatic carboxylic acids is 1. The van der Waals surface area contributed by atoms with E-state index in [2.05, 4.69) is 5.32 Å². The standard InChI is InChI=1S/C6H11NO2/c1-6(2)4(3-7-6)5(8)9/h4,7H,3H2,1-2H3,(H,8,9)/t4-/m1/s1. The van der Waals surface area contributed by atoms with E-state index in [0.717, 1.165) is 0 Å². The van der Waals surface area contributed by atoms with E-state index >= 15 is 0 Å². The van der Waals surface area contributed by atoms with Gasteiger partial charge in [0.2, 0.25) is 0 Å². The Balaban J connectivity index is 2.55. The van der Waals surface area contributed by atoms with Crippen LogP contribution in [0.4, 0.5) is 0 Å². The molecule has 0 spiro atoms. The van der Waals surface area contributed by atoms with Crippen molar-refractivity contribution in [2.24, 2.45) is 5.92 Å². The third kappa shape index (κ3) is 0.920. The first-order chi connectivity index (χ1) is 4.04. The summed E-state index contributed by atoms with van der Waals surface area (Å²) in [7, 11) is 0. The number of hydrogen-bond acceptors (Lipinski definition) is 2. The van der Waals surface area contributed by atoms with Gasteiger partial charge in [-0.3, -0.25) is 4.79 Å². The maximum absolute atomic E-state index is 10.4. The van der Waals surface area contributed by atoms with Crippen LogP contribution < -0.4 is 5.32 Å². The molecule has 0 amide bonds. The summed E-state index contributed by atoms with van der Waals surface area (Å²) in [6.45, 7) is 4.41. The third-order valence-electron chi connectivity index (χ3n) is 1.93. The van der Waals surface area contributed by atoms with Crippen molar-refractivity contribution in [3.8, 4) is 0 Å². The predicted molar refractivity (Wildman–Crippen MR) is 33.2 cm³/mol. The summed E-state index contributed by atoms with van der Waals surface area (Å²) in [6.07, 6.45) is 0. The third-order valence-corrected chi connectivity index (χ3v) is 1.93. The molecular weight excluding hydrogens is 118 g/mol. The van der Waals surface area contributed by atoms with Crippen LogP contribution in [0.1, 0.15) is 13.8 Å². The van der Waals surface area contributed by atoms with E-state index in [9.17, 15) is 4.79 Å². The Kier molecular flexibility index (Phi) is 1.24. The van der Waals surface area contributed by atoms with E-state index in [1.165, 1.54) is 0 Å². The van der Waals surface area contributed by atoms with Crippen LogP contribution >= 0.6 is 0 Å². The number of carboxylic acids is 1. The molecule has 0 aromatic carbocycles. The minimum atomic E-state index is -0.696. The van der Waals surface area contributed by atoms with Crippen LogP contribution in [0.15, 0.2) is 0 Å².